The predicted molar refractivity (Wildman–Crippen MR) is 55.7 cm³/mol. The molecule has 0 amide bonds. The van der Waals surface area contributed by atoms with Crippen LogP contribution in [-0.4, -0.2) is 23.6 Å². The van der Waals surface area contributed by atoms with Crippen LogP contribution in [0.1, 0.15) is 32.6 Å². The van der Waals surface area contributed by atoms with Crippen LogP contribution in [0, 0.1) is 5.92 Å². The van der Waals surface area contributed by atoms with Crippen LogP contribution >= 0.6 is 11.8 Å². The van der Waals surface area contributed by atoms with E-state index >= 15 is 0 Å². The smallest absolute Gasteiger partial charge is 0.0168 e. The highest BCUT2D eigenvalue weighted by Gasteiger charge is 2.24. The predicted octanol–water partition coefficient (Wildman–Crippen LogP) is 2.27. The molecule has 0 aromatic rings. The fourth-order valence-electron chi connectivity index (χ4n) is 2.36. The van der Waals surface area contributed by atoms with Gasteiger partial charge in [-0.2, -0.15) is 11.8 Å². The minimum atomic E-state index is 0.838. The van der Waals surface area contributed by atoms with Crippen LogP contribution in [0.3, 0.4) is 0 Å². The fraction of sp³-hybridized carbons (Fsp3) is 1.00. The average molecular weight is 185 g/mol. The Morgan fingerprint density at radius 1 is 1.17 bits per heavy atom. The molecule has 1 saturated carbocycles. The molecular formula is C10H19NS. The van der Waals surface area contributed by atoms with Gasteiger partial charge in [0.05, 0.1) is 0 Å². The van der Waals surface area contributed by atoms with Crippen LogP contribution < -0.4 is 5.32 Å². The zero-order valence-electron chi connectivity index (χ0n) is 7.88. The molecule has 0 spiro atoms. The van der Waals surface area contributed by atoms with Gasteiger partial charge < -0.3 is 5.32 Å². The lowest BCUT2D eigenvalue weighted by Gasteiger charge is -2.17. The van der Waals surface area contributed by atoms with Crippen LogP contribution in [0.2, 0.25) is 0 Å². The minimum Gasteiger partial charge on any atom is -0.310 e. The van der Waals surface area contributed by atoms with Gasteiger partial charge in [0.25, 0.3) is 0 Å². The van der Waals surface area contributed by atoms with E-state index in [1.54, 1.807) is 0 Å². The van der Waals surface area contributed by atoms with Crippen molar-refractivity contribution in [2.24, 2.45) is 5.92 Å². The summed E-state index contributed by atoms with van der Waals surface area (Å²) in [6.07, 6.45) is 5.68. The van der Waals surface area contributed by atoms with Gasteiger partial charge in [-0.3, -0.25) is 0 Å². The summed E-state index contributed by atoms with van der Waals surface area (Å²) in [6, 6.07) is 1.69. The van der Waals surface area contributed by atoms with Crippen LogP contribution in [0.4, 0.5) is 0 Å². The quantitative estimate of drug-likeness (QED) is 0.708. The maximum absolute atomic E-state index is 3.79. The molecule has 0 aromatic carbocycles. The Labute approximate surface area is 79.7 Å². The molecule has 1 saturated heterocycles. The first-order valence-electron chi connectivity index (χ1n) is 5.18. The van der Waals surface area contributed by atoms with Crippen molar-refractivity contribution in [1.82, 2.24) is 5.32 Å². The van der Waals surface area contributed by atoms with E-state index in [1.165, 1.54) is 37.2 Å². The van der Waals surface area contributed by atoms with E-state index in [0.717, 1.165) is 18.0 Å². The van der Waals surface area contributed by atoms with Crippen LogP contribution in [0.15, 0.2) is 0 Å². The Morgan fingerprint density at radius 3 is 2.67 bits per heavy atom. The first-order chi connectivity index (χ1) is 5.84. The average Bonchev–Trinajstić information content (AvgIpc) is 2.63. The van der Waals surface area contributed by atoms with Gasteiger partial charge in [-0.25, -0.2) is 0 Å². The van der Waals surface area contributed by atoms with Crippen molar-refractivity contribution in [3.63, 3.8) is 0 Å². The molecule has 70 valence electrons. The van der Waals surface area contributed by atoms with Gasteiger partial charge >= 0.3 is 0 Å². The van der Waals surface area contributed by atoms with E-state index in [2.05, 4.69) is 24.0 Å². The summed E-state index contributed by atoms with van der Waals surface area (Å²) in [5.74, 6) is 3.70. The third kappa shape index (κ3) is 2.17. The summed E-state index contributed by atoms with van der Waals surface area (Å²) in [5, 5.41) is 3.79. The molecule has 0 aromatic heterocycles. The molecule has 3 atom stereocenters. The third-order valence-electron chi connectivity index (χ3n) is 3.10. The van der Waals surface area contributed by atoms with E-state index in [9.17, 15) is 0 Å². The highest BCUT2D eigenvalue weighted by molar-refractivity contribution is 7.99. The van der Waals surface area contributed by atoms with Crippen molar-refractivity contribution in [2.45, 2.75) is 44.7 Å². The number of nitrogens with one attached hydrogen (secondary N) is 1. The zero-order valence-corrected chi connectivity index (χ0v) is 8.70. The second-order valence-corrected chi connectivity index (χ2v) is 5.49. The van der Waals surface area contributed by atoms with Crippen molar-refractivity contribution < 1.29 is 0 Å². The summed E-state index contributed by atoms with van der Waals surface area (Å²) in [6.45, 7) is 2.38. The highest BCUT2D eigenvalue weighted by atomic mass is 32.2. The molecule has 1 aliphatic carbocycles. The lowest BCUT2D eigenvalue weighted by molar-refractivity contribution is 0.444. The van der Waals surface area contributed by atoms with E-state index in [1.807, 2.05) is 0 Å². The van der Waals surface area contributed by atoms with Gasteiger partial charge in [-0.05, 0) is 37.4 Å². The second-order valence-electron chi connectivity index (χ2n) is 4.34. The largest absolute Gasteiger partial charge is 0.310 e. The van der Waals surface area contributed by atoms with Gasteiger partial charge in [0, 0.05) is 17.8 Å². The first-order valence-corrected chi connectivity index (χ1v) is 6.34. The summed E-state index contributed by atoms with van der Waals surface area (Å²) in [5.41, 5.74) is 0. The van der Waals surface area contributed by atoms with E-state index < -0.39 is 0 Å². The molecule has 12 heavy (non-hydrogen) atoms. The molecule has 1 aliphatic heterocycles. The monoisotopic (exact) mass is 185 g/mol. The molecule has 2 heteroatoms. The molecule has 0 bridgehead atoms. The summed E-state index contributed by atoms with van der Waals surface area (Å²) < 4.78 is 0. The third-order valence-corrected chi connectivity index (χ3v) is 4.26. The standard InChI is InChI=1S/C10H19NS/c1-8-2-3-9(6-8)11-10-4-5-12-7-10/h8-11H,2-7H2,1H3. The fourth-order valence-corrected chi connectivity index (χ4v) is 3.52. The molecule has 2 aliphatic rings. The molecule has 2 fully saturated rings. The van der Waals surface area contributed by atoms with Crippen LogP contribution in [0.25, 0.3) is 0 Å². The Kier molecular flexibility index (Phi) is 2.97. The summed E-state index contributed by atoms with van der Waals surface area (Å²) in [4.78, 5) is 0. The number of hydrogen-bond acceptors (Lipinski definition) is 2. The normalized spacial score (nSPS) is 42.2. The Balaban J connectivity index is 1.72. The maximum Gasteiger partial charge on any atom is 0.0168 e. The van der Waals surface area contributed by atoms with Gasteiger partial charge in [0.2, 0.25) is 0 Å². The van der Waals surface area contributed by atoms with Crippen molar-refractivity contribution in [3.05, 3.63) is 0 Å². The topological polar surface area (TPSA) is 12.0 Å². The van der Waals surface area contributed by atoms with Crippen molar-refractivity contribution in [2.75, 3.05) is 11.5 Å². The molecule has 0 radical (unpaired) electrons. The maximum atomic E-state index is 3.79. The zero-order chi connectivity index (χ0) is 8.39. The van der Waals surface area contributed by atoms with E-state index in [0.29, 0.717) is 0 Å². The van der Waals surface area contributed by atoms with Crippen molar-refractivity contribution >= 4 is 11.8 Å². The summed E-state index contributed by atoms with van der Waals surface area (Å²) in [7, 11) is 0. The van der Waals surface area contributed by atoms with E-state index in [4.69, 9.17) is 0 Å². The molecule has 2 rings (SSSR count). The van der Waals surface area contributed by atoms with Crippen molar-refractivity contribution in [3.8, 4) is 0 Å². The highest BCUT2D eigenvalue weighted by Crippen LogP contribution is 2.26. The number of rotatable bonds is 2. The SMILES string of the molecule is CC1CCC(NC2CCSC2)C1. The molecule has 1 nitrogen and oxygen atoms in total. The number of thioether (sulfide) groups is 1. The van der Waals surface area contributed by atoms with Gasteiger partial charge in [0.1, 0.15) is 0 Å². The van der Waals surface area contributed by atoms with Gasteiger partial charge in [-0.1, -0.05) is 6.92 Å². The molecule has 3 unspecified atom stereocenters. The van der Waals surface area contributed by atoms with E-state index in [-0.39, 0.29) is 0 Å². The van der Waals surface area contributed by atoms with Gasteiger partial charge in [0.15, 0.2) is 0 Å². The number of hydrogen-bond donors (Lipinski definition) is 1. The van der Waals surface area contributed by atoms with Crippen LogP contribution in [-0.2, 0) is 0 Å². The van der Waals surface area contributed by atoms with Crippen molar-refractivity contribution in [1.29, 1.82) is 0 Å². The Bertz CT molecular complexity index is 143. The Hall–Kier alpha value is 0.310. The van der Waals surface area contributed by atoms with Crippen LogP contribution in [0.5, 0.6) is 0 Å². The lowest BCUT2D eigenvalue weighted by Crippen LogP contribution is -2.36. The summed E-state index contributed by atoms with van der Waals surface area (Å²) >= 11 is 2.10. The molecular weight excluding hydrogens is 166 g/mol. The second kappa shape index (κ2) is 4.01. The minimum absolute atomic E-state index is 0.838. The van der Waals surface area contributed by atoms with Gasteiger partial charge in [-0.15, -0.1) is 0 Å². The molecule has 1 heterocycles. The first kappa shape index (κ1) is 8.89. The molecule has 1 N–H and O–H groups in total. The lowest BCUT2D eigenvalue weighted by atomic mass is 10.1. The Morgan fingerprint density at radius 2 is 2.08 bits per heavy atom.